The fourth-order valence-corrected chi connectivity index (χ4v) is 16.8. The van der Waals surface area contributed by atoms with Crippen LogP contribution < -0.4 is 0 Å². The molecule has 0 aromatic heterocycles. The van der Waals surface area contributed by atoms with Crippen molar-refractivity contribution >= 4 is 18.4 Å². The van der Waals surface area contributed by atoms with Crippen LogP contribution in [0.1, 0.15) is 6.92 Å². The Morgan fingerprint density at radius 1 is 0.667 bits per heavy atom. The van der Waals surface area contributed by atoms with E-state index in [4.69, 9.17) is 0 Å². The van der Waals surface area contributed by atoms with Gasteiger partial charge >= 0.3 is 100 Å². The van der Waals surface area contributed by atoms with Gasteiger partial charge in [-0.15, -0.1) is 0 Å². The molecule has 0 fully saturated rings. The van der Waals surface area contributed by atoms with Gasteiger partial charge in [0.1, 0.15) is 0 Å². The van der Waals surface area contributed by atoms with Gasteiger partial charge in [0, 0.05) is 0 Å². The molecule has 15 heavy (non-hydrogen) atoms. The second-order valence-electron chi connectivity index (χ2n) is 5.57. The van der Waals surface area contributed by atoms with Crippen LogP contribution in [0.3, 0.4) is 0 Å². The third-order valence-corrected chi connectivity index (χ3v) is 18.1. The Bertz CT molecular complexity index is 143. The van der Waals surface area contributed by atoms with Gasteiger partial charge in [0.15, 0.2) is 0 Å². The summed E-state index contributed by atoms with van der Waals surface area (Å²) in [5.41, 5.74) is 0. The van der Waals surface area contributed by atoms with Crippen LogP contribution in [0.2, 0.25) is 4.44 Å². The van der Waals surface area contributed by atoms with Gasteiger partial charge in [-0.3, -0.25) is 0 Å². The Labute approximate surface area is 100 Å². The van der Waals surface area contributed by atoms with Gasteiger partial charge in [0.05, 0.1) is 0 Å². The number of nitrogens with zero attached hydrogens (tertiary/aromatic N) is 3. The van der Waals surface area contributed by atoms with Gasteiger partial charge in [0.2, 0.25) is 0 Å². The second kappa shape index (κ2) is 7.09. The average molecular weight is 322 g/mol. The van der Waals surface area contributed by atoms with Crippen molar-refractivity contribution in [3.8, 4) is 0 Å². The van der Waals surface area contributed by atoms with Gasteiger partial charge in [-0.25, -0.2) is 0 Å². The molecule has 0 bridgehead atoms. The van der Waals surface area contributed by atoms with Gasteiger partial charge in [0.25, 0.3) is 0 Å². The molecule has 0 spiro atoms. The Balaban J connectivity index is 4.59. The van der Waals surface area contributed by atoms with Crippen molar-refractivity contribution in [1.82, 2.24) is 14.7 Å². The van der Waals surface area contributed by atoms with Crippen LogP contribution in [0.5, 0.6) is 0 Å². The van der Waals surface area contributed by atoms with Crippen molar-refractivity contribution in [1.29, 1.82) is 0 Å². The topological polar surface area (TPSA) is 9.72 Å². The number of hydrogen-bond donors (Lipinski definition) is 0. The molecule has 0 N–H and O–H groups in total. The third-order valence-electron chi connectivity index (χ3n) is 2.70. The Morgan fingerprint density at radius 3 is 1.07 bits per heavy atom. The molecule has 0 aromatic rings. The van der Waals surface area contributed by atoms with Crippen molar-refractivity contribution in [3.05, 3.63) is 0 Å². The predicted molar refractivity (Wildman–Crippen MR) is 71.9 cm³/mol. The Hall–Kier alpha value is 0.679. The molecule has 0 heterocycles. The molecule has 0 aliphatic heterocycles. The molecule has 0 aliphatic carbocycles. The molecule has 0 unspecified atom stereocenters. The molecule has 0 atom stereocenters. The van der Waals surface area contributed by atoms with Crippen molar-refractivity contribution in [2.75, 3.05) is 56.0 Å². The van der Waals surface area contributed by atoms with Crippen LogP contribution in [0.15, 0.2) is 0 Å². The summed E-state index contributed by atoms with van der Waals surface area (Å²) >= 11 is -1.98. The molecule has 0 saturated heterocycles. The summed E-state index contributed by atoms with van der Waals surface area (Å²) in [6.45, 7) is 2.40. The first-order valence-electron chi connectivity index (χ1n) is 5.75. The van der Waals surface area contributed by atoms with E-state index in [1.54, 1.807) is 0 Å². The molecule has 0 rings (SSSR count). The first kappa shape index (κ1) is 15.7. The Kier molecular flexibility index (Phi) is 7.41. The molecule has 0 saturated carbocycles. The number of hydrogen-bond acceptors (Lipinski definition) is 3. The SMILES string of the molecule is C[CH2][Sn]([CH2]N(C)C)([CH2]N(C)C)[CH2]N(C)C. The van der Waals surface area contributed by atoms with Crippen LogP contribution in [-0.2, 0) is 0 Å². The fraction of sp³-hybridized carbons (Fsp3) is 1.00. The van der Waals surface area contributed by atoms with Crippen LogP contribution >= 0.6 is 0 Å². The molecule has 0 aromatic carbocycles. The van der Waals surface area contributed by atoms with Crippen LogP contribution in [0.25, 0.3) is 0 Å². The predicted octanol–water partition coefficient (Wildman–Crippen LogP) is 0.758. The summed E-state index contributed by atoms with van der Waals surface area (Å²) in [5, 5.41) is 0. The quantitative estimate of drug-likeness (QED) is 0.641. The zero-order chi connectivity index (χ0) is 12.1. The van der Waals surface area contributed by atoms with Crippen LogP contribution in [-0.4, -0.2) is 89.0 Å². The van der Waals surface area contributed by atoms with Crippen molar-refractivity contribution in [2.45, 2.75) is 11.4 Å². The van der Waals surface area contributed by atoms with E-state index in [1.807, 2.05) is 0 Å². The molecule has 0 radical (unpaired) electrons. The molecule has 0 amide bonds. The van der Waals surface area contributed by atoms with Crippen molar-refractivity contribution in [3.63, 3.8) is 0 Å². The summed E-state index contributed by atoms with van der Waals surface area (Å²) < 4.78 is 5.52. The van der Waals surface area contributed by atoms with Crippen molar-refractivity contribution in [2.24, 2.45) is 0 Å². The molecule has 4 heteroatoms. The fourth-order valence-electron chi connectivity index (χ4n) is 2.50. The van der Waals surface area contributed by atoms with Gasteiger partial charge in [-0.2, -0.15) is 0 Å². The van der Waals surface area contributed by atoms with E-state index in [-0.39, 0.29) is 0 Å². The van der Waals surface area contributed by atoms with Crippen LogP contribution in [0, 0.1) is 0 Å². The molecule has 92 valence electrons. The average Bonchev–Trinajstić information content (AvgIpc) is 1.99. The van der Waals surface area contributed by atoms with E-state index >= 15 is 0 Å². The third kappa shape index (κ3) is 6.76. The van der Waals surface area contributed by atoms with E-state index in [0.29, 0.717) is 0 Å². The zero-order valence-corrected chi connectivity index (χ0v) is 14.5. The van der Waals surface area contributed by atoms with Gasteiger partial charge in [-0.05, 0) is 0 Å². The van der Waals surface area contributed by atoms with Crippen LogP contribution in [0.4, 0.5) is 0 Å². The second-order valence-corrected chi connectivity index (χ2v) is 18.9. The maximum atomic E-state index is 2.40. The standard InChI is InChI=1S/3C3H8N.C2H5.Sn/c3*1-4(2)3;1-2;/h3*1H2,2-3H3;1H2,2H3;. The van der Waals surface area contributed by atoms with E-state index in [9.17, 15) is 0 Å². The van der Waals surface area contributed by atoms with Gasteiger partial charge < -0.3 is 0 Å². The zero-order valence-electron chi connectivity index (χ0n) is 11.7. The van der Waals surface area contributed by atoms with E-state index in [0.717, 1.165) is 0 Å². The summed E-state index contributed by atoms with van der Waals surface area (Å²) in [5.74, 6) is 0. The maximum absolute atomic E-state index is 2.40. The summed E-state index contributed by atoms with van der Waals surface area (Å²) in [6.07, 6.45) is 0. The minimum atomic E-state index is -1.98. The summed E-state index contributed by atoms with van der Waals surface area (Å²) in [4.78, 5) is 7.19. The van der Waals surface area contributed by atoms with Crippen molar-refractivity contribution < 1.29 is 0 Å². The normalized spacial score (nSPS) is 13.2. The molecular formula is C11H29N3Sn. The molecule has 0 aliphatic rings. The first-order chi connectivity index (χ1) is 6.81. The first-order valence-corrected chi connectivity index (χ1v) is 13.8. The van der Waals surface area contributed by atoms with E-state index < -0.39 is 18.4 Å². The van der Waals surface area contributed by atoms with Gasteiger partial charge in [-0.1, -0.05) is 0 Å². The number of rotatable bonds is 7. The Morgan fingerprint density at radius 2 is 0.933 bits per heavy atom. The molecule has 3 nitrogen and oxygen atoms in total. The summed E-state index contributed by atoms with van der Waals surface area (Å²) in [6, 6.07) is 0. The van der Waals surface area contributed by atoms with E-state index in [2.05, 4.69) is 63.9 Å². The monoisotopic (exact) mass is 323 g/mol. The summed E-state index contributed by atoms with van der Waals surface area (Å²) in [7, 11) is 13.3. The molecular weight excluding hydrogens is 293 g/mol. The van der Waals surface area contributed by atoms with E-state index in [1.165, 1.54) is 18.1 Å². The minimum absolute atomic E-state index is 1.36.